The second-order valence-corrected chi connectivity index (χ2v) is 8.79. The molecule has 1 aliphatic heterocycles. The number of sulfonamides is 1. The molecule has 2 aromatic carbocycles. The van der Waals surface area contributed by atoms with E-state index in [1.54, 1.807) is 13.2 Å². The number of nitrogens with zero attached hydrogens (tertiary/aromatic N) is 3. The third kappa shape index (κ3) is 5.33. The van der Waals surface area contributed by atoms with Crippen LogP contribution in [0.4, 0.5) is 5.69 Å². The lowest BCUT2D eigenvalue weighted by molar-refractivity contribution is -0.384. The number of nitro benzene ring substituents is 1. The van der Waals surface area contributed by atoms with Crippen molar-refractivity contribution in [2.45, 2.75) is 11.4 Å². The van der Waals surface area contributed by atoms with E-state index in [4.69, 9.17) is 9.47 Å². The van der Waals surface area contributed by atoms with E-state index in [-0.39, 0.29) is 23.7 Å². The molecule has 0 aromatic heterocycles. The van der Waals surface area contributed by atoms with Crippen LogP contribution in [0, 0.1) is 10.1 Å². The summed E-state index contributed by atoms with van der Waals surface area (Å²) in [4.78, 5) is 12.5. The van der Waals surface area contributed by atoms with Gasteiger partial charge in [-0.2, -0.15) is 4.31 Å². The Kier molecular flexibility index (Phi) is 7.38. The van der Waals surface area contributed by atoms with Crippen LogP contribution >= 0.6 is 0 Å². The van der Waals surface area contributed by atoms with Crippen LogP contribution in [0.5, 0.6) is 5.75 Å². The van der Waals surface area contributed by atoms with Crippen LogP contribution < -0.4 is 4.74 Å². The van der Waals surface area contributed by atoms with Gasteiger partial charge in [0.05, 0.1) is 30.1 Å². The van der Waals surface area contributed by atoms with Crippen molar-refractivity contribution in [3.63, 3.8) is 0 Å². The first-order chi connectivity index (χ1) is 14.4. The molecule has 1 saturated heterocycles. The molecule has 1 fully saturated rings. The number of hydrogen-bond donors (Lipinski definition) is 0. The predicted molar refractivity (Wildman–Crippen MR) is 111 cm³/mol. The number of morpholine rings is 1. The van der Waals surface area contributed by atoms with E-state index in [1.165, 1.54) is 28.6 Å². The van der Waals surface area contributed by atoms with E-state index in [2.05, 4.69) is 4.90 Å². The van der Waals surface area contributed by atoms with E-state index < -0.39 is 14.9 Å². The van der Waals surface area contributed by atoms with Crippen molar-refractivity contribution >= 4 is 15.7 Å². The highest BCUT2D eigenvalue weighted by atomic mass is 32.2. The van der Waals surface area contributed by atoms with Crippen molar-refractivity contribution < 1.29 is 22.8 Å². The molecule has 0 atom stereocenters. The Labute approximate surface area is 176 Å². The Morgan fingerprint density at radius 3 is 2.43 bits per heavy atom. The average molecular weight is 436 g/mol. The summed E-state index contributed by atoms with van der Waals surface area (Å²) in [5.41, 5.74) is 0.589. The molecule has 30 heavy (non-hydrogen) atoms. The van der Waals surface area contributed by atoms with Gasteiger partial charge >= 0.3 is 0 Å². The molecule has 0 saturated carbocycles. The number of nitro groups is 1. The van der Waals surface area contributed by atoms with Gasteiger partial charge in [0.2, 0.25) is 10.0 Å². The van der Waals surface area contributed by atoms with Crippen molar-refractivity contribution in [3.8, 4) is 5.75 Å². The maximum atomic E-state index is 13.4. The Hall–Kier alpha value is -2.53. The fraction of sp³-hybridized carbons (Fsp3) is 0.400. The topological polar surface area (TPSA) is 102 Å². The zero-order valence-corrected chi connectivity index (χ0v) is 17.6. The van der Waals surface area contributed by atoms with Gasteiger partial charge in [-0.05, 0) is 18.2 Å². The SMILES string of the molecule is COc1ccccc1CN(CCN1CCOCC1)S(=O)(=O)c1ccc([N+](=O)[O-])cc1. The fourth-order valence-electron chi connectivity index (χ4n) is 3.27. The van der Waals surface area contributed by atoms with Crippen LogP contribution in [0.2, 0.25) is 0 Å². The second-order valence-electron chi connectivity index (χ2n) is 6.86. The molecule has 1 aliphatic rings. The molecule has 0 amide bonds. The maximum absolute atomic E-state index is 13.4. The van der Waals surface area contributed by atoms with Crippen molar-refractivity contribution in [1.82, 2.24) is 9.21 Å². The largest absolute Gasteiger partial charge is 0.496 e. The van der Waals surface area contributed by atoms with Gasteiger partial charge in [-0.15, -0.1) is 0 Å². The third-order valence-corrected chi connectivity index (χ3v) is 6.85. The predicted octanol–water partition coefficient (Wildman–Crippen LogP) is 2.13. The molecule has 0 radical (unpaired) electrons. The van der Waals surface area contributed by atoms with Crippen LogP contribution in [-0.2, 0) is 21.3 Å². The highest BCUT2D eigenvalue weighted by molar-refractivity contribution is 7.89. The summed E-state index contributed by atoms with van der Waals surface area (Å²) >= 11 is 0. The first-order valence-electron chi connectivity index (χ1n) is 9.58. The molecule has 162 valence electrons. The number of hydrogen-bond acceptors (Lipinski definition) is 7. The van der Waals surface area contributed by atoms with E-state index in [1.807, 2.05) is 18.2 Å². The molecule has 0 unspecified atom stereocenters. The lowest BCUT2D eigenvalue weighted by Crippen LogP contribution is -2.42. The molecule has 10 heteroatoms. The third-order valence-electron chi connectivity index (χ3n) is 4.99. The Morgan fingerprint density at radius 1 is 1.13 bits per heavy atom. The van der Waals surface area contributed by atoms with Crippen LogP contribution in [0.25, 0.3) is 0 Å². The van der Waals surface area contributed by atoms with Crippen LogP contribution in [0.1, 0.15) is 5.56 Å². The van der Waals surface area contributed by atoms with Crippen molar-refractivity contribution in [2.24, 2.45) is 0 Å². The molecule has 0 spiro atoms. The minimum Gasteiger partial charge on any atom is -0.496 e. The molecular weight excluding hydrogens is 410 g/mol. The monoisotopic (exact) mass is 435 g/mol. The van der Waals surface area contributed by atoms with Crippen LogP contribution in [-0.4, -0.2) is 69.0 Å². The number of ether oxygens (including phenoxy) is 2. The van der Waals surface area contributed by atoms with Crippen molar-refractivity contribution in [2.75, 3.05) is 46.5 Å². The molecule has 9 nitrogen and oxygen atoms in total. The molecule has 2 aromatic rings. The first kappa shape index (κ1) is 22.2. The lowest BCUT2D eigenvalue weighted by atomic mass is 10.2. The Bertz CT molecular complexity index is 959. The number of benzene rings is 2. The smallest absolute Gasteiger partial charge is 0.269 e. The molecular formula is C20H25N3O6S. The summed E-state index contributed by atoms with van der Waals surface area (Å²) in [5.74, 6) is 0.604. The average Bonchev–Trinajstić information content (AvgIpc) is 2.77. The number of para-hydroxylation sites is 1. The quantitative estimate of drug-likeness (QED) is 0.439. The Balaban J connectivity index is 1.87. The van der Waals surface area contributed by atoms with Gasteiger partial charge in [0.25, 0.3) is 5.69 Å². The molecule has 3 rings (SSSR count). The number of rotatable bonds is 9. The summed E-state index contributed by atoms with van der Waals surface area (Å²) in [6.07, 6.45) is 0. The molecule has 0 bridgehead atoms. The van der Waals surface area contributed by atoms with Gasteiger partial charge in [-0.1, -0.05) is 18.2 Å². The normalized spacial score (nSPS) is 15.3. The number of non-ortho nitro benzene ring substituents is 1. The Morgan fingerprint density at radius 2 is 1.80 bits per heavy atom. The number of methoxy groups -OCH3 is 1. The summed E-state index contributed by atoms with van der Waals surface area (Å²) in [5, 5.41) is 10.9. The summed E-state index contributed by atoms with van der Waals surface area (Å²) in [6, 6.07) is 12.2. The van der Waals surface area contributed by atoms with Gasteiger partial charge in [-0.25, -0.2) is 8.42 Å². The second kappa shape index (κ2) is 9.98. The van der Waals surface area contributed by atoms with Gasteiger partial charge in [-0.3, -0.25) is 15.0 Å². The van der Waals surface area contributed by atoms with Crippen LogP contribution in [0.3, 0.4) is 0 Å². The highest BCUT2D eigenvalue weighted by Gasteiger charge is 2.27. The maximum Gasteiger partial charge on any atom is 0.269 e. The highest BCUT2D eigenvalue weighted by Crippen LogP contribution is 2.25. The summed E-state index contributed by atoms with van der Waals surface area (Å²) < 4.78 is 38.8. The van der Waals surface area contributed by atoms with Gasteiger partial charge < -0.3 is 9.47 Å². The molecule has 1 heterocycles. The molecule has 0 N–H and O–H groups in total. The van der Waals surface area contributed by atoms with E-state index in [9.17, 15) is 18.5 Å². The zero-order valence-electron chi connectivity index (χ0n) is 16.8. The zero-order chi connectivity index (χ0) is 21.6. The van der Waals surface area contributed by atoms with Gasteiger partial charge in [0, 0.05) is 50.4 Å². The minimum atomic E-state index is -3.87. The summed E-state index contributed by atoms with van der Waals surface area (Å²) in [7, 11) is -2.33. The van der Waals surface area contributed by atoms with E-state index >= 15 is 0 Å². The van der Waals surface area contributed by atoms with Crippen molar-refractivity contribution in [1.29, 1.82) is 0 Å². The van der Waals surface area contributed by atoms with E-state index in [0.717, 1.165) is 18.7 Å². The lowest BCUT2D eigenvalue weighted by Gasteiger charge is -2.30. The van der Waals surface area contributed by atoms with Gasteiger partial charge in [0.1, 0.15) is 5.75 Å². The van der Waals surface area contributed by atoms with Crippen LogP contribution in [0.15, 0.2) is 53.4 Å². The standard InChI is InChI=1S/C20H25N3O6S/c1-28-20-5-3-2-4-17(20)16-22(11-10-21-12-14-29-15-13-21)30(26,27)19-8-6-18(7-9-19)23(24)25/h2-9H,10-16H2,1H3. The minimum absolute atomic E-state index is 0.0185. The van der Waals surface area contributed by atoms with E-state index in [0.29, 0.717) is 25.5 Å². The first-order valence-corrected chi connectivity index (χ1v) is 11.0. The summed E-state index contributed by atoms with van der Waals surface area (Å²) in [6.45, 7) is 3.72. The van der Waals surface area contributed by atoms with Crippen molar-refractivity contribution in [3.05, 3.63) is 64.2 Å². The molecule has 0 aliphatic carbocycles. The fourth-order valence-corrected chi connectivity index (χ4v) is 4.68. The van der Waals surface area contributed by atoms with Gasteiger partial charge in [0.15, 0.2) is 0 Å².